The third-order valence-electron chi connectivity index (χ3n) is 1.96. The third-order valence-corrected chi connectivity index (χ3v) is 1.96. The van der Waals surface area contributed by atoms with Crippen LogP contribution in [0.1, 0.15) is 25.7 Å². The minimum atomic E-state index is -2.73. The van der Waals surface area contributed by atoms with Gasteiger partial charge in [-0.1, -0.05) is 12.7 Å². The van der Waals surface area contributed by atoms with E-state index in [1.807, 2.05) is 0 Å². The molecule has 0 amide bonds. The maximum atomic E-state index is 13.0. The Hall–Kier alpha value is -0.900. The molecule has 0 heterocycles. The Morgan fingerprint density at radius 3 is 2.50 bits per heavy atom. The van der Waals surface area contributed by atoms with Crippen LogP contribution >= 0.6 is 0 Å². The van der Waals surface area contributed by atoms with Gasteiger partial charge in [0, 0.05) is 12.8 Å². The highest BCUT2D eigenvalue weighted by Gasteiger charge is 2.28. The Morgan fingerprint density at radius 2 is 2.07 bits per heavy atom. The lowest BCUT2D eigenvalue weighted by Gasteiger charge is -2.17. The zero-order valence-electron chi connectivity index (χ0n) is 8.18. The van der Waals surface area contributed by atoms with E-state index in [0.717, 1.165) is 0 Å². The molecule has 0 aromatic rings. The molecule has 0 radical (unpaired) electrons. The van der Waals surface area contributed by atoms with E-state index in [9.17, 15) is 8.78 Å². The highest BCUT2D eigenvalue weighted by atomic mass is 19.3. The standard InChI is InChI=1S/C10H17F2NO/c1-3-4-6-10(11,12)7-5-9(13)8(2)14/h3,9,14H,1-2,4-7,13H2/t9-/m0/s1. The number of halogens is 2. The van der Waals surface area contributed by atoms with Gasteiger partial charge >= 0.3 is 0 Å². The van der Waals surface area contributed by atoms with Gasteiger partial charge in [0.2, 0.25) is 5.92 Å². The maximum absolute atomic E-state index is 13.0. The van der Waals surface area contributed by atoms with Crippen LogP contribution in [0.5, 0.6) is 0 Å². The molecule has 0 saturated carbocycles. The molecule has 0 aliphatic rings. The van der Waals surface area contributed by atoms with E-state index in [-0.39, 0.29) is 31.4 Å². The molecule has 0 saturated heterocycles. The SMILES string of the molecule is C=CCCC(F)(F)CC[C@H](N)C(=C)O. The summed E-state index contributed by atoms with van der Waals surface area (Å²) >= 11 is 0. The predicted octanol–water partition coefficient (Wildman–Crippen LogP) is 2.77. The molecule has 1 atom stereocenters. The van der Waals surface area contributed by atoms with Crippen molar-refractivity contribution in [2.75, 3.05) is 0 Å². The normalized spacial score (nSPS) is 13.6. The van der Waals surface area contributed by atoms with Gasteiger partial charge in [0.1, 0.15) is 5.76 Å². The van der Waals surface area contributed by atoms with Gasteiger partial charge in [0.15, 0.2) is 0 Å². The number of hydrogen-bond donors (Lipinski definition) is 2. The van der Waals surface area contributed by atoms with Crippen LogP contribution in [-0.2, 0) is 0 Å². The van der Waals surface area contributed by atoms with E-state index in [1.165, 1.54) is 6.08 Å². The summed E-state index contributed by atoms with van der Waals surface area (Å²) in [6, 6.07) is -0.760. The summed E-state index contributed by atoms with van der Waals surface area (Å²) in [5.74, 6) is -2.98. The molecule has 0 aromatic heterocycles. The molecule has 14 heavy (non-hydrogen) atoms. The Balaban J connectivity index is 3.85. The topological polar surface area (TPSA) is 46.2 Å². The molecule has 82 valence electrons. The number of allylic oxidation sites excluding steroid dienone is 1. The van der Waals surface area contributed by atoms with Crippen LogP contribution in [-0.4, -0.2) is 17.1 Å². The fourth-order valence-electron chi connectivity index (χ4n) is 0.972. The molecular weight excluding hydrogens is 188 g/mol. The Kier molecular flexibility index (Phi) is 5.38. The third kappa shape index (κ3) is 5.70. The van der Waals surface area contributed by atoms with Gasteiger partial charge in [-0.25, -0.2) is 8.78 Å². The molecular formula is C10H17F2NO. The van der Waals surface area contributed by atoms with Crippen molar-refractivity contribution in [2.45, 2.75) is 37.6 Å². The molecule has 0 bridgehead atoms. The van der Waals surface area contributed by atoms with Crippen molar-refractivity contribution >= 4 is 0 Å². The second kappa shape index (κ2) is 5.75. The predicted molar refractivity (Wildman–Crippen MR) is 53.4 cm³/mol. The van der Waals surface area contributed by atoms with E-state index >= 15 is 0 Å². The van der Waals surface area contributed by atoms with Crippen LogP contribution in [0.4, 0.5) is 8.78 Å². The first-order chi connectivity index (χ1) is 6.39. The van der Waals surface area contributed by atoms with Crippen LogP contribution < -0.4 is 5.73 Å². The van der Waals surface area contributed by atoms with E-state index in [2.05, 4.69) is 13.2 Å². The average molecular weight is 205 g/mol. The summed E-state index contributed by atoms with van der Waals surface area (Å²) in [4.78, 5) is 0. The van der Waals surface area contributed by atoms with E-state index < -0.39 is 12.0 Å². The van der Waals surface area contributed by atoms with Crippen molar-refractivity contribution in [3.05, 3.63) is 25.0 Å². The highest BCUT2D eigenvalue weighted by molar-refractivity contribution is 4.92. The number of aliphatic hydroxyl groups is 1. The number of aliphatic hydroxyl groups excluding tert-OH is 1. The average Bonchev–Trinajstić information content (AvgIpc) is 2.11. The monoisotopic (exact) mass is 205 g/mol. The zero-order chi connectivity index (χ0) is 11.2. The minimum absolute atomic E-state index is 0.0411. The summed E-state index contributed by atoms with van der Waals surface area (Å²) in [6.45, 7) is 6.56. The first-order valence-corrected chi connectivity index (χ1v) is 4.51. The molecule has 0 fully saturated rings. The van der Waals surface area contributed by atoms with E-state index in [4.69, 9.17) is 10.8 Å². The second-order valence-electron chi connectivity index (χ2n) is 3.32. The van der Waals surface area contributed by atoms with Gasteiger partial charge < -0.3 is 10.8 Å². The van der Waals surface area contributed by atoms with Crippen molar-refractivity contribution < 1.29 is 13.9 Å². The van der Waals surface area contributed by atoms with Gasteiger partial charge in [-0.05, 0) is 12.8 Å². The second-order valence-corrected chi connectivity index (χ2v) is 3.32. The van der Waals surface area contributed by atoms with Crippen molar-refractivity contribution in [2.24, 2.45) is 5.73 Å². The van der Waals surface area contributed by atoms with Crippen LogP contribution in [0.2, 0.25) is 0 Å². The number of nitrogens with two attached hydrogens (primary N) is 1. The van der Waals surface area contributed by atoms with Gasteiger partial charge in [-0.3, -0.25) is 0 Å². The lowest BCUT2D eigenvalue weighted by Crippen LogP contribution is -2.26. The molecule has 0 aromatic carbocycles. The number of hydrogen-bond acceptors (Lipinski definition) is 2. The molecule has 0 rings (SSSR count). The van der Waals surface area contributed by atoms with Gasteiger partial charge in [-0.15, -0.1) is 6.58 Å². The quantitative estimate of drug-likeness (QED) is 0.496. The van der Waals surface area contributed by atoms with E-state index in [1.54, 1.807) is 0 Å². The van der Waals surface area contributed by atoms with Crippen LogP contribution in [0.3, 0.4) is 0 Å². The lowest BCUT2D eigenvalue weighted by molar-refractivity contribution is -0.0183. The van der Waals surface area contributed by atoms with Crippen molar-refractivity contribution in [3.63, 3.8) is 0 Å². The fraction of sp³-hybridized carbons (Fsp3) is 0.600. The molecule has 0 spiro atoms. The number of rotatable bonds is 7. The Bertz CT molecular complexity index is 204. The van der Waals surface area contributed by atoms with Gasteiger partial charge in [-0.2, -0.15) is 0 Å². The summed E-state index contributed by atoms with van der Waals surface area (Å²) in [5, 5.41) is 8.81. The molecule has 2 nitrogen and oxygen atoms in total. The Labute approximate surface area is 83.1 Å². The molecule has 0 aliphatic carbocycles. The van der Waals surface area contributed by atoms with Crippen LogP contribution in [0.15, 0.2) is 25.0 Å². The summed E-state index contributed by atoms with van der Waals surface area (Å²) in [7, 11) is 0. The first kappa shape index (κ1) is 13.1. The summed E-state index contributed by atoms with van der Waals surface area (Å²) in [5.41, 5.74) is 5.35. The molecule has 3 N–H and O–H groups in total. The fourth-order valence-corrected chi connectivity index (χ4v) is 0.972. The zero-order valence-corrected chi connectivity index (χ0v) is 8.18. The molecule has 0 aliphatic heterocycles. The minimum Gasteiger partial charge on any atom is -0.511 e. The van der Waals surface area contributed by atoms with Crippen molar-refractivity contribution in [1.82, 2.24) is 0 Å². The van der Waals surface area contributed by atoms with Crippen LogP contribution in [0.25, 0.3) is 0 Å². The largest absolute Gasteiger partial charge is 0.511 e. The first-order valence-electron chi connectivity index (χ1n) is 4.51. The van der Waals surface area contributed by atoms with Crippen LogP contribution in [0, 0.1) is 0 Å². The van der Waals surface area contributed by atoms with Gasteiger partial charge in [0.05, 0.1) is 6.04 Å². The number of alkyl halides is 2. The molecule has 4 heteroatoms. The molecule has 0 unspecified atom stereocenters. The highest BCUT2D eigenvalue weighted by Crippen LogP contribution is 2.27. The van der Waals surface area contributed by atoms with Crippen molar-refractivity contribution in [1.29, 1.82) is 0 Å². The smallest absolute Gasteiger partial charge is 0.248 e. The van der Waals surface area contributed by atoms with Gasteiger partial charge in [0.25, 0.3) is 0 Å². The maximum Gasteiger partial charge on any atom is 0.248 e. The summed E-state index contributed by atoms with van der Waals surface area (Å²) < 4.78 is 26.0. The Morgan fingerprint density at radius 1 is 1.50 bits per heavy atom. The van der Waals surface area contributed by atoms with E-state index in [0.29, 0.717) is 0 Å². The van der Waals surface area contributed by atoms with Crippen molar-refractivity contribution in [3.8, 4) is 0 Å². The lowest BCUT2D eigenvalue weighted by atomic mass is 10.0. The summed E-state index contributed by atoms with van der Waals surface area (Å²) in [6.07, 6.45) is 1.23.